The lowest BCUT2D eigenvalue weighted by Crippen LogP contribution is -2.32. The van der Waals surface area contributed by atoms with E-state index in [-0.39, 0.29) is 36.4 Å². The summed E-state index contributed by atoms with van der Waals surface area (Å²) >= 11 is 0. The summed E-state index contributed by atoms with van der Waals surface area (Å²) in [7, 11) is 0. The zero-order chi connectivity index (χ0) is 22.6. The Kier molecular flexibility index (Phi) is 6.62. The maximum absolute atomic E-state index is 12.4. The number of carbonyl (C=O) groups is 3. The number of halogens is 3. The van der Waals surface area contributed by atoms with Gasteiger partial charge in [-0.25, -0.2) is 0 Å². The maximum Gasteiger partial charge on any atom is 0.573 e. The second kappa shape index (κ2) is 9.20. The van der Waals surface area contributed by atoms with E-state index in [1.165, 1.54) is 24.3 Å². The number of rotatable bonds is 8. The van der Waals surface area contributed by atoms with E-state index in [0.717, 1.165) is 16.0 Å². The number of fused-ring (bicyclic) bond motifs is 1. The number of imide groups is 1. The van der Waals surface area contributed by atoms with E-state index in [1.54, 1.807) is 18.2 Å². The number of carbonyl (C=O) groups excluding carboxylic acids is 3. The highest BCUT2D eigenvalue weighted by molar-refractivity contribution is 6.21. The van der Waals surface area contributed by atoms with Gasteiger partial charge in [0, 0.05) is 19.5 Å². The average molecular weight is 434 g/mol. The van der Waals surface area contributed by atoms with Crippen LogP contribution in [0.4, 0.5) is 13.2 Å². The summed E-state index contributed by atoms with van der Waals surface area (Å²) < 4.78 is 40.3. The third-order valence-electron chi connectivity index (χ3n) is 4.80. The van der Waals surface area contributed by atoms with E-state index < -0.39 is 6.36 Å². The average Bonchev–Trinajstić information content (AvgIpc) is 2.92. The van der Waals surface area contributed by atoms with Gasteiger partial charge >= 0.3 is 6.36 Å². The summed E-state index contributed by atoms with van der Waals surface area (Å²) in [6.07, 6.45) is -3.82. The molecule has 0 bridgehead atoms. The number of alkyl halides is 3. The monoisotopic (exact) mass is 434 g/mol. The zero-order valence-corrected chi connectivity index (χ0v) is 16.8. The van der Waals surface area contributed by atoms with Crippen molar-refractivity contribution >= 4 is 17.7 Å². The van der Waals surface area contributed by atoms with Crippen LogP contribution in [0.2, 0.25) is 0 Å². The molecule has 6 nitrogen and oxygen atoms in total. The van der Waals surface area contributed by atoms with Gasteiger partial charge in [0.1, 0.15) is 5.75 Å². The highest BCUT2D eigenvalue weighted by Gasteiger charge is 2.35. The van der Waals surface area contributed by atoms with Crippen molar-refractivity contribution in [2.75, 3.05) is 13.1 Å². The first-order chi connectivity index (χ1) is 14.6. The van der Waals surface area contributed by atoms with Gasteiger partial charge in [-0.3, -0.25) is 19.3 Å². The largest absolute Gasteiger partial charge is 0.573 e. The molecule has 9 heteroatoms. The number of ether oxygens (including phenoxy) is 1. The fraction of sp³-hybridized carbons (Fsp3) is 0.318. The van der Waals surface area contributed by atoms with Crippen LogP contribution in [0.25, 0.3) is 0 Å². The fourth-order valence-electron chi connectivity index (χ4n) is 3.30. The lowest BCUT2D eigenvalue weighted by Gasteiger charge is -2.13. The molecular formula is C22H21F3N2O4. The van der Waals surface area contributed by atoms with Crippen molar-refractivity contribution in [3.63, 3.8) is 0 Å². The van der Waals surface area contributed by atoms with Crippen LogP contribution in [0.3, 0.4) is 0 Å². The minimum atomic E-state index is -4.73. The van der Waals surface area contributed by atoms with Crippen LogP contribution in [0.1, 0.15) is 44.7 Å². The van der Waals surface area contributed by atoms with Gasteiger partial charge in [0.2, 0.25) is 5.91 Å². The van der Waals surface area contributed by atoms with Gasteiger partial charge in [0.15, 0.2) is 0 Å². The fourth-order valence-corrected chi connectivity index (χ4v) is 3.30. The molecule has 164 valence electrons. The van der Waals surface area contributed by atoms with Crippen LogP contribution >= 0.6 is 0 Å². The maximum atomic E-state index is 12.4. The quantitative estimate of drug-likeness (QED) is 0.644. The molecule has 2 aromatic carbocycles. The van der Waals surface area contributed by atoms with Gasteiger partial charge in [-0.1, -0.05) is 23.8 Å². The molecule has 0 unspecified atom stereocenters. The van der Waals surface area contributed by atoms with Crippen molar-refractivity contribution in [2.24, 2.45) is 0 Å². The molecule has 31 heavy (non-hydrogen) atoms. The van der Waals surface area contributed by atoms with Crippen molar-refractivity contribution in [1.29, 1.82) is 0 Å². The molecule has 0 aromatic heterocycles. The Hall–Kier alpha value is -3.36. The van der Waals surface area contributed by atoms with Crippen LogP contribution in [-0.2, 0) is 11.2 Å². The van der Waals surface area contributed by atoms with Gasteiger partial charge < -0.3 is 10.1 Å². The van der Waals surface area contributed by atoms with E-state index in [9.17, 15) is 27.6 Å². The molecule has 0 fully saturated rings. The Morgan fingerprint density at radius 1 is 1.03 bits per heavy atom. The van der Waals surface area contributed by atoms with Crippen LogP contribution in [0, 0.1) is 6.92 Å². The van der Waals surface area contributed by atoms with Gasteiger partial charge in [0.05, 0.1) is 11.1 Å². The van der Waals surface area contributed by atoms with Crippen molar-refractivity contribution in [3.05, 3.63) is 64.7 Å². The number of nitrogens with zero attached hydrogens (tertiary/aromatic N) is 1. The Balaban J connectivity index is 1.38. The number of hydrogen-bond acceptors (Lipinski definition) is 4. The third-order valence-corrected chi connectivity index (χ3v) is 4.80. The SMILES string of the molecule is Cc1ccc2c(c1)C(=O)N(CCCC(=O)NCCc1ccc(OC(F)(F)F)cc1)C2=O. The summed E-state index contributed by atoms with van der Waals surface area (Å²) in [6, 6.07) is 10.5. The number of amides is 3. The number of aryl methyl sites for hydroxylation is 1. The zero-order valence-electron chi connectivity index (χ0n) is 16.8. The molecular weight excluding hydrogens is 413 g/mol. The minimum absolute atomic E-state index is 0.144. The van der Waals surface area contributed by atoms with Crippen LogP contribution in [0.15, 0.2) is 42.5 Å². The van der Waals surface area contributed by atoms with E-state index in [1.807, 2.05) is 6.92 Å². The Morgan fingerprint density at radius 2 is 1.71 bits per heavy atom. The highest BCUT2D eigenvalue weighted by atomic mass is 19.4. The van der Waals surface area contributed by atoms with Crippen LogP contribution in [0.5, 0.6) is 5.75 Å². The summed E-state index contributed by atoms with van der Waals surface area (Å²) in [6.45, 7) is 2.31. The molecule has 1 heterocycles. The van der Waals surface area contributed by atoms with E-state index >= 15 is 0 Å². The Bertz CT molecular complexity index is 987. The Morgan fingerprint density at radius 3 is 2.39 bits per heavy atom. The summed E-state index contributed by atoms with van der Waals surface area (Å²) in [5.41, 5.74) is 2.41. The first-order valence-electron chi connectivity index (χ1n) is 9.72. The normalized spacial score (nSPS) is 13.4. The third kappa shape index (κ3) is 5.84. The molecule has 0 atom stereocenters. The van der Waals surface area contributed by atoms with Crippen LogP contribution < -0.4 is 10.1 Å². The number of benzene rings is 2. The van der Waals surface area contributed by atoms with Crippen molar-refractivity contribution < 1.29 is 32.3 Å². The van der Waals surface area contributed by atoms with Gasteiger partial charge in [-0.15, -0.1) is 13.2 Å². The van der Waals surface area contributed by atoms with Crippen molar-refractivity contribution in [1.82, 2.24) is 10.2 Å². The minimum Gasteiger partial charge on any atom is -0.406 e. The molecule has 0 radical (unpaired) electrons. The van der Waals surface area contributed by atoms with E-state index in [0.29, 0.717) is 30.5 Å². The molecule has 1 aliphatic rings. The second-order valence-electron chi connectivity index (χ2n) is 7.21. The summed E-state index contributed by atoms with van der Waals surface area (Å²) in [5.74, 6) is -1.23. The lowest BCUT2D eigenvalue weighted by atomic mass is 10.1. The standard InChI is InChI=1S/C22H21F3N2O4/c1-14-4-9-17-18(13-14)21(30)27(20(17)29)12-2-3-19(28)26-11-10-15-5-7-16(8-6-15)31-22(23,24)25/h4-9,13H,2-3,10-12H2,1H3,(H,26,28). The topological polar surface area (TPSA) is 75.7 Å². The molecule has 0 spiro atoms. The van der Waals surface area contributed by atoms with E-state index in [4.69, 9.17) is 0 Å². The van der Waals surface area contributed by atoms with E-state index in [2.05, 4.69) is 10.1 Å². The summed E-state index contributed by atoms with van der Waals surface area (Å²) in [5, 5.41) is 2.72. The Labute approximate surface area is 177 Å². The van der Waals surface area contributed by atoms with Crippen molar-refractivity contribution in [3.8, 4) is 5.75 Å². The van der Waals surface area contributed by atoms with Gasteiger partial charge in [0.25, 0.3) is 11.8 Å². The predicted octanol–water partition coefficient (Wildman–Crippen LogP) is 3.63. The first-order valence-corrected chi connectivity index (χ1v) is 9.72. The molecule has 2 aromatic rings. The molecule has 3 rings (SSSR count). The smallest absolute Gasteiger partial charge is 0.406 e. The van der Waals surface area contributed by atoms with Gasteiger partial charge in [-0.05, 0) is 49.6 Å². The number of hydrogen-bond donors (Lipinski definition) is 1. The molecule has 0 saturated heterocycles. The lowest BCUT2D eigenvalue weighted by molar-refractivity contribution is -0.274. The molecule has 1 N–H and O–H groups in total. The van der Waals surface area contributed by atoms with Crippen LogP contribution in [-0.4, -0.2) is 42.1 Å². The second-order valence-corrected chi connectivity index (χ2v) is 7.21. The predicted molar refractivity (Wildman–Crippen MR) is 106 cm³/mol. The summed E-state index contributed by atoms with van der Waals surface area (Å²) in [4.78, 5) is 37.9. The molecule has 0 saturated carbocycles. The molecule has 1 aliphatic heterocycles. The molecule has 0 aliphatic carbocycles. The molecule has 3 amide bonds. The highest BCUT2D eigenvalue weighted by Crippen LogP contribution is 2.24. The van der Waals surface area contributed by atoms with Gasteiger partial charge in [-0.2, -0.15) is 0 Å². The number of nitrogens with one attached hydrogen (secondary N) is 1. The van der Waals surface area contributed by atoms with Crippen molar-refractivity contribution in [2.45, 2.75) is 32.5 Å². The first kappa shape index (κ1) is 22.3.